The van der Waals surface area contributed by atoms with Gasteiger partial charge in [0.05, 0.1) is 16.4 Å². The van der Waals surface area contributed by atoms with E-state index >= 15 is 0 Å². The average molecular weight is 249 g/mol. The molecule has 0 atom stereocenters. The standard InChI is InChI=1S/C7H8INO/c1-2-10-7-5-9-4-3-6(7)8/h3-5H,2H2,1H3. The molecule has 0 aliphatic heterocycles. The molecule has 1 aromatic heterocycles. The van der Waals surface area contributed by atoms with E-state index in [-0.39, 0.29) is 0 Å². The van der Waals surface area contributed by atoms with Crippen molar-refractivity contribution in [1.29, 1.82) is 0 Å². The summed E-state index contributed by atoms with van der Waals surface area (Å²) in [6.45, 7) is 2.66. The van der Waals surface area contributed by atoms with Crippen LogP contribution in [0.15, 0.2) is 18.5 Å². The molecule has 0 fully saturated rings. The molecule has 0 amide bonds. The second-order valence-electron chi connectivity index (χ2n) is 1.74. The molecule has 0 radical (unpaired) electrons. The smallest absolute Gasteiger partial charge is 0.150 e. The third-order valence-corrected chi connectivity index (χ3v) is 1.93. The zero-order valence-corrected chi connectivity index (χ0v) is 7.83. The molecule has 0 saturated heterocycles. The number of hydrogen-bond acceptors (Lipinski definition) is 2. The molecule has 0 saturated carbocycles. The third kappa shape index (κ3) is 1.83. The van der Waals surface area contributed by atoms with Gasteiger partial charge in [-0.25, -0.2) is 0 Å². The highest BCUT2D eigenvalue weighted by Gasteiger charge is 1.95. The Hall–Kier alpha value is -0.320. The quantitative estimate of drug-likeness (QED) is 0.748. The van der Waals surface area contributed by atoms with Crippen LogP contribution in [0.2, 0.25) is 0 Å². The third-order valence-electron chi connectivity index (χ3n) is 1.03. The Bertz CT molecular complexity index is 215. The summed E-state index contributed by atoms with van der Waals surface area (Å²) in [6.07, 6.45) is 3.48. The number of ether oxygens (including phenoxy) is 1. The number of pyridine rings is 1. The minimum Gasteiger partial charge on any atom is -0.491 e. The molecule has 0 N–H and O–H groups in total. The van der Waals surface area contributed by atoms with Gasteiger partial charge in [-0.3, -0.25) is 4.98 Å². The van der Waals surface area contributed by atoms with Crippen molar-refractivity contribution >= 4 is 22.6 Å². The predicted octanol–water partition coefficient (Wildman–Crippen LogP) is 2.08. The molecule has 0 aromatic carbocycles. The Morgan fingerprint density at radius 1 is 1.70 bits per heavy atom. The zero-order valence-electron chi connectivity index (χ0n) is 5.67. The molecule has 1 heterocycles. The first-order chi connectivity index (χ1) is 4.84. The van der Waals surface area contributed by atoms with Crippen molar-refractivity contribution in [1.82, 2.24) is 4.98 Å². The lowest BCUT2D eigenvalue weighted by molar-refractivity contribution is 0.336. The van der Waals surface area contributed by atoms with Crippen molar-refractivity contribution in [3.05, 3.63) is 22.0 Å². The van der Waals surface area contributed by atoms with Crippen molar-refractivity contribution in [3.63, 3.8) is 0 Å². The molecule has 0 spiro atoms. The Balaban J connectivity index is 2.81. The lowest BCUT2D eigenvalue weighted by Gasteiger charge is -2.02. The number of halogens is 1. The summed E-state index contributed by atoms with van der Waals surface area (Å²) in [5, 5.41) is 0. The maximum absolute atomic E-state index is 5.27. The summed E-state index contributed by atoms with van der Waals surface area (Å²) in [4.78, 5) is 3.93. The zero-order chi connectivity index (χ0) is 7.40. The molecular formula is C7H8INO. The van der Waals surface area contributed by atoms with Crippen LogP contribution in [0.4, 0.5) is 0 Å². The van der Waals surface area contributed by atoms with E-state index < -0.39 is 0 Å². The maximum Gasteiger partial charge on any atom is 0.150 e. The maximum atomic E-state index is 5.27. The van der Waals surface area contributed by atoms with E-state index in [4.69, 9.17) is 4.74 Å². The van der Waals surface area contributed by atoms with Gasteiger partial charge in [0.25, 0.3) is 0 Å². The van der Waals surface area contributed by atoms with Crippen molar-refractivity contribution in [3.8, 4) is 5.75 Å². The van der Waals surface area contributed by atoms with Gasteiger partial charge in [0, 0.05) is 6.20 Å². The fraction of sp³-hybridized carbons (Fsp3) is 0.286. The van der Waals surface area contributed by atoms with E-state index in [1.807, 2.05) is 13.0 Å². The van der Waals surface area contributed by atoms with Gasteiger partial charge in [-0.2, -0.15) is 0 Å². The second-order valence-corrected chi connectivity index (χ2v) is 2.90. The van der Waals surface area contributed by atoms with Crippen LogP contribution in [0.25, 0.3) is 0 Å². The summed E-state index contributed by atoms with van der Waals surface area (Å²) in [7, 11) is 0. The summed E-state index contributed by atoms with van der Waals surface area (Å²) in [5.74, 6) is 0.866. The van der Waals surface area contributed by atoms with Crippen LogP contribution >= 0.6 is 22.6 Å². The Morgan fingerprint density at radius 3 is 3.10 bits per heavy atom. The Labute approximate surface area is 73.8 Å². The number of aromatic nitrogens is 1. The van der Waals surface area contributed by atoms with E-state index in [1.54, 1.807) is 12.4 Å². The highest BCUT2D eigenvalue weighted by Crippen LogP contribution is 2.17. The summed E-state index contributed by atoms with van der Waals surface area (Å²) >= 11 is 2.22. The molecule has 2 nitrogen and oxygen atoms in total. The molecule has 0 bridgehead atoms. The van der Waals surface area contributed by atoms with Crippen molar-refractivity contribution in [2.75, 3.05) is 6.61 Å². The lowest BCUT2D eigenvalue weighted by atomic mass is 10.5. The lowest BCUT2D eigenvalue weighted by Crippen LogP contribution is -1.93. The highest BCUT2D eigenvalue weighted by atomic mass is 127. The van der Waals surface area contributed by atoms with Crippen LogP contribution in [-0.2, 0) is 0 Å². The molecule has 0 aliphatic rings. The number of hydrogen-bond donors (Lipinski definition) is 0. The van der Waals surface area contributed by atoms with Gasteiger partial charge in [0.1, 0.15) is 0 Å². The molecule has 0 aliphatic carbocycles. The van der Waals surface area contributed by atoms with Crippen LogP contribution < -0.4 is 4.74 Å². The topological polar surface area (TPSA) is 22.1 Å². The molecule has 3 heteroatoms. The van der Waals surface area contributed by atoms with E-state index in [2.05, 4.69) is 27.6 Å². The second kappa shape index (κ2) is 3.75. The fourth-order valence-electron chi connectivity index (χ4n) is 0.625. The van der Waals surface area contributed by atoms with Crippen LogP contribution in [-0.4, -0.2) is 11.6 Å². The van der Waals surface area contributed by atoms with Crippen LogP contribution in [0.1, 0.15) is 6.92 Å². The van der Waals surface area contributed by atoms with E-state index in [9.17, 15) is 0 Å². The molecule has 1 rings (SSSR count). The minimum absolute atomic E-state index is 0.696. The van der Waals surface area contributed by atoms with Crippen molar-refractivity contribution in [2.45, 2.75) is 6.92 Å². The van der Waals surface area contributed by atoms with E-state index in [0.29, 0.717) is 6.61 Å². The molecule has 54 valence electrons. The fourth-order valence-corrected chi connectivity index (χ4v) is 1.08. The normalized spacial score (nSPS) is 9.40. The first kappa shape index (κ1) is 7.78. The highest BCUT2D eigenvalue weighted by molar-refractivity contribution is 14.1. The van der Waals surface area contributed by atoms with Gasteiger partial charge >= 0.3 is 0 Å². The minimum atomic E-state index is 0.696. The van der Waals surface area contributed by atoms with Crippen molar-refractivity contribution < 1.29 is 4.74 Å². The van der Waals surface area contributed by atoms with E-state index in [1.165, 1.54) is 0 Å². The molecule has 10 heavy (non-hydrogen) atoms. The van der Waals surface area contributed by atoms with Gasteiger partial charge in [-0.05, 0) is 35.6 Å². The van der Waals surface area contributed by atoms with Gasteiger partial charge in [0.2, 0.25) is 0 Å². The van der Waals surface area contributed by atoms with Gasteiger partial charge in [-0.1, -0.05) is 0 Å². The van der Waals surface area contributed by atoms with Crippen LogP contribution in [0.3, 0.4) is 0 Å². The predicted molar refractivity (Wildman–Crippen MR) is 48.1 cm³/mol. The summed E-state index contributed by atoms with van der Waals surface area (Å²) < 4.78 is 6.37. The first-order valence-corrected chi connectivity index (χ1v) is 4.14. The summed E-state index contributed by atoms with van der Waals surface area (Å²) in [5.41, 5.74) is 0. The van der Waals surface area contributed by atoms with Crippen LogP contribution in [0, 0.1) is 3.57 Å². The van der Waals surface area contributed by atoms with Gasteiger partial charge < -0.3 is 4.74 Å². The largest absolute Gasteiger partial charge is 0.491 e. The molecule has 0 unspecified atom stereocenters. The average Bonchev–Trinajstić information content (AvgIpc) is 1.94. The van der Waals surface area contributed by atoms with Crippen molar-refractivity contribution in [2.24, 2.45) is 0 Å². The number of nitrogens with zero attached hydrogens (tertiary/aromatic N) is 1. The molecular weight excluding hydrogens is 241 g/mol. The van der Waals surface area contributed by atoms with Gasteiger partial charge in [0.15, 0.2) is 5.75 Å². The Kier molecular flexibility index (Phi) is 2.92. The van der Waals surface area contributed by atoms with E-state index in [0.717, 1.165) is 9.32 Å². The van der Waals surface area contributed by atoms with Crippen LogP contribution in [0.5, 0.6) is 5.75 Å². The number of rotatable bonds is 2. The molecule has 1 aromatic rings. The SMILES string of the molecule is CCOc1cnccc1I. The first-order valence-electron chi connectivity index (χ1n) is 3.07. The monoisotopic (exact) mass is 249 g/mol. The van der Waals surface area contributed by atoms with Gasteiger partial charge in [-0.15, -0.1) is 0 Å². The Morgan fingerprint density at radius 2 is 2.50 bits per heavy atom. The summed E-state index contributed by atoms with van der Waals surface area (Å²) in [6, 6.07) is 1.92.